The first-order valence-corrected chi connectivity index (χ1v) is 8.47. The van der Waals surface area contributed by atoms with Crippen molar-refractivity contribution in [2.75, 3.05) is 19.6 Å². The molecule has 2 amide bonds. The van der Waals surface area contributed by atoms with Gasteiger partial charge in [0.05, 0.1) is 6.10 Å². The lowest BCUT2D eigenvalue weighted by Crippen LogP contribution is -2.48. The van der Waals surface area contributed by atoms with Crippen molar-refractivity contribution in [1.82, 2.24) is 10.2 Å². The van der Waals surface area contributed by atoms with Gasteiger partial charge in [-0.15, -0.1) is 0 Å². The lowest BCUT2D eigenvalue weighted by molar-refractivity contribution is -0.143. The molecule has 0 bridgehead atoms. The van der Waals surface area contributed by atoms with Gasteiger partial charge < -0.3 is 15.0 Å². The summed E-state index contributed by atoms with van der Waals surface area (Å²) in [7, 11) is 0. The minimum Gasteiger partial charge on any atom is -0.363 e. The summed E-state index contributed by atoms with van der Waals surface area (Å²) in [5, 5.41) is 2.96. The van der Waals surface area contributed by atoms with Gasteiger partial charge in [0, 0.05) is 19.6 Å². The van der Waals surface area contributed by atoms with Crippen LogP contribution < -0.4 is 5.32 Å². The van der Waals surface area contributed by atoms with Gasteiger partial charge in [-0.2, -0.15) is 0 Å². The summed E-state index contributed by atoms with van der Waals surface area (Å²) in [4.78, 5) is 25.8. The molecule has 122 valence electrons. The third kappa shape index (κ3) is 2.73. The molecule has 5 nitrogen and oxygen atoms in total. The van der Waals surface area contributed by atoms with Gasteiger partial charge in [-0.05, 0) is 50.4 Å². The van der Waals surface area contributed by atoms with Crippen molar-refractivity contribution in [3.63, 3.8) is 0 Å². The van der Waals surface area contributed by atoms with Gasteiger partial charge in [-0.3, -0.25) is 9.59 Å². The number of hydrogen-bond donors (Lipinski definition) is 1. The molecule has 2 aliphatic heterocycles. The highest BCUT2D eigenvalue weighted by Gasteiger charge is 2.54. The van der Waals surface area contributed by atoms with E-state index in [2.05, 4.69) is 5.32 Å². The number of halogens is 1. The first-order valence-electron chi connectivity index (χ1n) is 8.47. The van der Waals surface area contributed by atoms with Gasteiger partial charge >= 0.3 is 0 Å². The van der Waals surface area contributed by atoms with Crippen molar-refractivity contribution in [1.29, 1.82) is 0 Å². The number of ether oxygens (including phenoxy) is 1. The lowest BCUT2D eigenvalue weighted by Gasteiger charge is -2.34. The minimum atomic E-state index is -1.60. The standard InChI is InChI=1S/C16H23FN2O3/c17-16(4-5-16)15(21)19-6-3-11-7-12(22-13(11)9-19)14(20)18-8-10-1-2-10/h10-13H,1-9H2,(H,18,20)/t11-,12-,13+/m0/s1. The van der Waals surface area contributed by atoms with Crippen molar-refractivity contribution in [3.05, 3.63) is 0 Å². The number of alkyl halides is 1. The van der Waals surface area contributed by atoms with Crippen LogP contribution in [0.5, 0.6) is 0 Å². The molecule has 0 aromatic carbocycles. The lowest BCUT2D eigenvalue weighted by atomic mass is 9.91. The predicted octanol–water partition coefficient (Wildman–Crippen LogP) is 1.02. The minimum absolute atomic E-state index is 0.0247. The normalized spacial score (nSPS) is 35.9. The molecule has 0 aromatic heterocycles. The van der Waals surface area contributed by atoms with E-state index in [0.717, 1.165) is 19.4 Å². The Morgan fingerprint density at radius 1 is 1.27 bits per heavy atom. The summed E-state index contributed by atoms with van der Waals surface area (Å²) in [5.74, 6) is 0.565. The van der Waals surface area contributed by atoms with Crippen LogP contribution in [0.2, 0.25) is 0 Å². The maximum atomic E-state index is 13.9. The largest absolute Gasteiger partial charge is 0.363 e. The molecule has 3 atom stereocenters. The highest BCUT2D eigenvalue weighted by molar-refractivity contribution is 5.88. The Kier molecular flexibility index (Phi) is 3.40. The molecule has 0 unspecified atom stereocenters. The Balaban J connectivity index is 1.31. The predicted molar refractivity (Wildman–Crippen MR) is 76.8 cm³/mol. The van der Waals surface area contributed by atoms with E-state index >= 15 is 0 Å². The molecule has 6 heteroatoms. The van der Waals surface area contributed by atoms with E-state index < -0.39 is 11.8 Å². The number of nitrogens with one attached hydrogen (secondary N) is 1. The SMILES string of the molecule is O=C(NCC1CC1)[C@@H]1C[C@@H]2CCN(C(=O)C3(F)CC3)C[C@H]2O1. The van der Waals surface area contributed by atoms with Crippen molar-refractivity contribution in [2.24, 2.45) is 11.8 Å². The average Bonchev–Trinajstić information content (AvgIpc) is 3.43. The molecule has 0 spiro atoms. The number of likely N-dealkylation sites (tertiary alicyclic amines) is 1. The Morgan fingerprint density at radius 2 is 2.05 bits per heavy atom. The van der Waals surface area contributed by atoms with E-state index in [9.17, 15) is 14.0 Å². The molecule has 4 aliphatic rings. The van der Waals surface area contributed by atoms with Crippen LogP contribution >= 0.6 is 0 Å². The number of hydrogen-bond acceptors (Lipinski definition) is 3. The Labute approximate surface area is 129 Å². The summed E-state index contributed by atoms with van der Waals surface area (Å²) in [5.41, 5.74) is -1.60. The van der Waals surface area contributed by atoms with Gasteiger partial charge in [-0.25, -0.2) is 4.39 Å². The zero-order valence-corrected chi connectivity index (χ0v) is 12.7. The maximum Gasteiger partial charge on any atom is 0.260 e. The van der Waals surface area contributed by atoms with E-state index in [1.807, 2.05) is 0 Å². The first kappa shape index (κ1) is 14.4. The molecular formula is C16H23FN2O3. The fourth-order valence-electron chi connectivity index (χ4n) is 3.57. The zero-order chi connectivity index (χ0) is 15.3. The number of carbonyl (C=O) groups is 2. The van der Waals surface area contributed by atoms with E-state index in [1.165, 1.54) is 12.8 Å². The second-order valence-corrected chi connectivity index (χ2v) is 7.35. The number of amides is 2. The van der Waals surface area contributed by atoms with Gasteiger partial charge in [0.1, 0.15) is 6.10 Å². The summed E-state index contributed by atoms with van der Waals surface area (Å²) in [6, 6.07) is 0. The van der Waals surface area contributed by atoms with Crippen LogP contribution in [0.4, 0.5) is 4.39 Å². The van der Waals surface area contributed by atoms with E-state index in [0.29, 0.717) is 37.8 Å². The number of nitrogens with zero attached hydrogens (tertiary/aromatic N) is 1. The molecule has 4 fully saturated rings. The highest BCUT2D eigenvalue weighted by Crippen LogP contribution is 2.43. The van der Waals surface area contributed by atoms with Gasteiger partial charge in [0.2, 0.25) is 5.91 Å². The zero-order valence-electron chi connectivity index (χ0n) is 12.7. The summed E-state index contributed by atoms with van der Waals surface area (Å²) < 4.78 is 19.8. The fourth-order valence-corrected chi connectivity index (χ4v) is 3.57. The van der Waals surface area contributed by atoms with E-state index in [1.54, 1.807) is 4.90 Å². The monoisotopic (exact) mass is 310 g/mol. The van der Waals surface area contributed by atoms with E-state index in [-0.39, 0.29) is 17.9 Å². The van der Waals surface area contributed by atoms with Crippen molar-refractivity contribution < 1.29 is 18.7 Å². The molecule has 0 radical (unpaired) electrons. The smallest absolute Gasteiger partial charge is 0.260 e. The Hall–Kier alpha value is -1.17. The van der Waals surface area contributed by atoms with Crippen molar-refractivity contribution >= 4 is 11.8 Å². The molecule has 22 heavy (non-hydrogen) atoms. The topological polar surface area (TPSA) is 58.6 Å². The third-order valence-corrected chi connectivity index (χ3v) is 5.47. The number of piperidine rings is 1. The molecular weight excluding hydrogens is 287 g/mol. The van der Waals surface area contributed by atoms with Crippen LogP contribution in [0.1, 0.15) is 38.5 Å². The summed E-state index contributed by atoms with van der Waals surface area (Å²) in [6.07, 6.45) is 4.13. The molecule has 0 aromatic rings. The van der Waals surface area contributed by atoms with Gasteiger partial charge in [-0.1, -0.05) is 0 Å². The third-order valence-electron chi connectivity index (χ3n) is 5.47. The van der Waals surface area contributed by atoms with E-state index in [4.69, 9.17) is 4.74 Å². The number of fused-ring (bicyclic) bond motifs is 1. The highest BCUT2D eigenvalue weighted by atomic mass is 19.1. The molecule has 1 N–H and O–H groups in total. The van der Waals surface area contributed by atoms with Crippen LogP contribution in [0.3, 0.4) is 0 Å². The van der Waals surface area contributed by atoms with Gasteiger partial charge in [0.15, 0.2) is 5.67 Å². The Bertz CT molecular complexity index is 490. The van der Waals surface area contributed by atoms with Crippen LogP contribution in [-0.2, 0) is 14.3 Å². The fraction of sp³-hybridized carbons (Fsp3) is 0.875. The van der Waals surface area contributed by atoms with Crippen molar-refractivity contribution in [3.8, 4) is 0 Å². The number of carbonyl (C=O) groups excluding carboxylic acids is 2. The van der Waals surface area contributed by atoms with Crippen LogP contribution in [0.15, 0.2) is 0 Å². The first-order chi connectivity index (χ1) is 10.5. The number of rotatable bonds is 4. The summed E-state index contributed by atoms with van der Waals surface area (Å²) >= 11 is 0. The van der Waals surface area contributed by atoms with Crippen LogP contribution in [0, 0.1) is 11.8 Å². The molecule has 2 heterocycles. The quantitative estimate of drug-likeness (QED) is 0.843. The second-order valence-electron chi connectivity index (χ2n) is 7.35. The maximum absolute atomic E-state index is 13.9. The second kappa shape index (κ2) is 5.18. The van der Waals surface area contributed by atoms with Gasteiger partial charge in [0.25, 0.3) is 5.91 Å². The van der Waals surface area contributed by atoms with Crippen LogP contribution in [0.25, 0.3) is 0 Å². The van der Waals surface area contributed by atoms with Crippen LogP contribution in [-0.4, -0.2) is 54.2 Å². The summed E-state index contributed by atoms with van der Waals surface area (Å²) in [6.45, 7) is 1.77. The molecule has 2 aliphatic carbocycles. The average molecular weight is 310 g/mol. The molecule has 2 saturated heterocycles. The Morgan fingerprint density at radius 3 is 2.73 bits per heavy atom. The molecule has 4 rings (SSSR count). The van der Waals surface area contributed by atoms with Crippen molar-refractivity contribution in [2.45, 2.75) is 56.4 Å². The molecule has 2 saturated carbocycles.